The van der Waals surface area contributed by atoms with Crippen molar-refractivity contribution >= 4 is 17.8 Å². The van der Waals surface area contributed by atoms with Gasteiger partial charge in [-0.2, -0.15) is 0 Å². The SMILES string of the molecule is C=CC(=O)OCCNC(=O)CCCCC(N)=O. The first-order valence-electron chi connectivity index (χ1n) is 5.40. The molecule has 0 saturated carbocycles. The summed E-state index contributed by atoms with van der Waals surface area (Å²) in [5.74, 6) is -1.01. The largest absolute Gasteiger partial charge is 0.461 e. The van der Waals surface area contributed by atoms with Gasteiger partial charge in [-0.3, -0.25) is 9.59 Å². The molecule has 0 bridgehead atoms. The summed E-state index contributed by atoms with van der Waals surface area (Å²) in [7, 11) is 0. The molecule has 0 aromatic heterocycles. The monoisotopic (exact) mass is 242 g/mol. The normalized spacial score (nSPS) is 9.41. The number of primary amides is 1. The molecule has 3 N–H and O–H groups in total. The van der Waals surface area contributed by atoms with Gasteiger partial charge >= 0.3 is 5.97 Å². The van der Waals surface area contributed by atoms with E-state index in [0.717, 1.165) is 6.08 Å². The number of nitrogens with one attached hydrogen (secondary N) is 1. The molecular formula is C11H18N2O4. The average Bonchev–Trinajstić information content (AvgIpc) is 2.29. The first-order chi connectivity index (χ1) is 8.06. The Morgan fingerprint density at radius 2 is 1.88 bits per heavy atom. The molecule has 6 nitrogen and oxygen atoms in total. The summed E-state index contributed by atoms with van der Waals surface area (Å²) in [4.78, 5) is 32.3. The quantitative estimate of drug-likeness (QED) is 0.334. The zero-order chi connectivity index (χ0) is 13.1. The fourth-order valence-electron chi connectivity index (χ4n) is 1.07. The van der Waals surface area contributed by atoms with Crippen molar-refractivity contribution in [3.05, 3.63) is 12.7 Å². The van der Waals surface area contributed by atoms with Crippen molar-refractivity contribution in [2.45, 2.75) is 25.7 Å². The van der Waals surface area contributed by atoms with Crippen LogP contribution in [-0.4, -0.2) is 30.9 Å². The zero-order valence-electron chi connectivity index (χ0n) is 9.74. The molecular weight excluding hydrogens is 224 g/mol. The Morgan fingerprint density at radius 3 is 2.47 bits per heavy atom. The molecule has 2 amide bonds. The lowest BCUT2D eigenvalue weighted by molar-refractivity contribution is -0.138. The number of hydrogen-bond acceptors (Lipinski definition) is 4. The van der Waals surface area contributed by atoms with E-state index in [4.69, 9.17) is 5.73 Å². The van der Waals surface area contributed by atoms with Gasteiger partial charge in [0.15, 0.2) is 0 Å². The number of carbonyl (C=O) groups excluding carboxylic acids is 3. The van der Waals surface area contributed by atoms with Crippen molar-refractivity contribution in [3.8, 4) is 0 Å². The number of amides is 2. The minimum absolute atomic E-state index is 0.123. The first-order valence-corrected chi connectivity index (χ1v) is 5.40. The summed E-state index contributed by atoms with van der Waals surface area (Å²) in [6.45, 7) is 3.63. The van der Waals surface area contributed by atoms with Gasteiger partial charge in [-0.15, -0.1) is 0 Å². The number of nitrogens with two attached hydrogens (primary N) is 1. The van der Waals surface area contributed by atoms with E-state index in [2.05, 4.69) is 16.6 Å². The standard InChI is InChI=1S/C11H18N2O4/c1-2-11(16)17-8-7-13-10(15)6-4-3-5-9(12)14/h2H,1,3-8H2,(H2,12,14)(H,13,15). The highest BCUT2D eigenvalue weighted by Gasteiger charge is 2.02. The second-order valence-corrected chi connectivity index (χ2v) is 3.39. The summed E-state index contributed by atoms with van der Waals surface area (Å²) in [5.41, 5.74) is 4.95. The third kappa shape index (κ3) is 10.4. The maximum Gasteiger partial charge on any atom is 0.330 e. The number of unbranched alkanes of at least 4 members (excludes halogenated alkanes) is 1. The van der Waals surface area contributed by atoms with Crippen LogP contribution in [0.1, 0.15) is 25.7 Å². The lowest BCUT2D eigenvalue weighted by Crippen LogP contribution is -2.27. The third-order valence-corrected chi connectivity index (χ3v) is 1.91. The average molecular weight is 242 g/mol. The van der Waals surface area contributed by atoms with E-state index < -0.39 is 5.97 Å². The van der Waals surface area contributed by atoms with Gasteiger partial charge in [0.05, 0.1) is 6.54 Å². The van der Waals surface area contributed by atoms with Crippen LogP contribution in [0.2, 0.25) is 0 Å². The summed E-state index contributed by atoms with van der Waals surface area (Å²) in [6.07, 6.45) is 2.91. The lowest BCUT2D eigenvalue weighted by atomic mass is 10.2. The Hall–Kier alpha value is -1.85. The van der Waals surface area contributed by atoms with Gasteiger partial charge in [-0.25, -0.2) is 4.79 Å². The van der Waals surface area contributed by atoms with Crippen LogP contribution in [0.3, 0.4) is 0 Å². The predicted molar refractivity (Wildman–Crippen MR) is 61.8 cm³/mol. The highest BCUT2D eigenvalue weighted by atomic mass is 16.5. The van der Waals surface area contributed by atoms with Crippen molar-refractivity contribution in [2.75, 3.05) is 13.2 Å². The molecule has 0 unspecified atom stereocenters. The molecule has 0 saturated heterocycles. The van der Waals surface area contributed by atoms with Crippen molar-refractivity contribution in [1.82, 2.24) is 5.32 Å². The molecule has 0 heterocycles. The Morgan fingerprint density at radius 1 is 1.24 bits per heavy atom. The van der Waals surface area contributed by atoms with Gasteiger partial charge in [0.2, 0.25) is 11.8 Å². The van der Waals surface area contributed by atoms with E-state index >= 15 is 0 Å². The van der Waals surface area contributed by atoms with Gasteiger partial charge in [0, 0.05) is 18.9 Å². The summed E-state index contributed by atoms with van der Waals surface area (Å²) in [5, 5.41) is 2.58. The summed E-state index contributed by atoms with van der Waals surface area (Å²) >= 11 is 0. The van der Waals surface area contributed by atoms with Crippen LogP contribution >= 0.6 is 0 Å². The van der Waals surface area contributed by atoms with E-state index in [1.165, 1.54) is 0 Å². The van der Waals surface area contributed by atoms with Crippen molar-refractivity contribution < 1.29 is 19.1 Å². The molecule has 0 aromatic carbocycles. The zero-order valence-corrected chi connectivity index (χ0v) is 9.74. The molecule has 0 fully saturated rings. The van der Waals surface area contributed by atoms with E-state index in [-0.39, 0.29) is 25.0 Å². The number of carbonyl (C=O) groups is 3. The second kappa shape index (κ2) is 9.38. The van der Waals surface area contributed by atoms with E-state index in [1.807, 2.05) is 0 Å². The Bertz CT molecular complexity index is 289. The Labute approximate surface area is 100 Å². The molecule has 0 rings (SSSR count). The highest BCUT2D eigenvalue weighted by Crippen LogP contribution is 1.98. The molecule has 6 heteroatoms. The maximum absolute atomic E-state index is 11.2. The number of esters is 1. The summed E-state index contributed by atoms with van der Waals surface area (Å²) in [6, 6.07) is 0. The van der Waals surface area contributed by atoms with Crippen LogP contribution in [0, 0.1) is 0 Å². The van der Waals surface area contributed by atoms with Crippen LogP contribution in [0.25, 0.3) is 0 Å². The maximum atomic E-state index is 11.2. The number of hydrogen-bond donors (Lipinski definition) is 2. The smallest absolute Gasteiger partial charge is 0.330 e. The molecule has 0 aliphatic carbocycles. The van der Waals surface area contributed by atoms with Crippen LogP contribution in [0.4, 0.5) is 0 Å². The Balaban J connectivity index is 3.37. The number of rotatable bonds is 9. The van der Waals surface area contributed by atoms with Crippen molar-refractivity contribution in [2.24, 2.45) is 5.73 Å². The third-order valence-electron chi connectivity index (χ3n) is 1.91. The molecule has 0 radical (unpaired) electrons. The van der Waals surface area contributed by atoms with Gasteiger partial charge in [-0.1, -0.05) is 6.58 Å². The molecule has 17 heavy (non-hydrogen) atoms. The van der Waals surface area contributed by atoms with Crippen molar-refractivity contribution in [3.63, 3.8) is 0 Å². The molecule has 0 aliphatic rings. The summed E-state index contributed by atoms with van der Waals surface area (Å²) < 4.78 is 4.67. The van der Waals surface area contributed by atoms with Crippen LogP contribution < -0.4 is 11.1 Å². The second-order valence-electron chi connectivity index (χ2n) is 3.39. The lowest BCUT2D eigenvalue weighted by Gasteiger charge is -2.05. The molecule has 0 aromatic rings. The van der Waals surface area contributed by atoms with E-state index in [0.29, 0.717) is 25.7 Å². The fraction of sp³-hybridized carbons (Fsp3) is 0.545. The fourth-order valence-corrected chi connectivity index (χ4v) is 1.07. The molecule has 0 aliphatic heterocycles. The van der Waals surface area contributed by atoms with Crippen LogP contribution in [-0.2, 0) is 19.1 Å². The molecule has 96 valence electrons. The van der Waals surface area contributed by atoms with Gasteiger partial charge in [0.1, 0.15) is 6.61 Å². The minimum Gasteiger partial charge on any atom is -0.461 e. The minimum atomic E-state index is -0.513. The van der Waals surface area contributed by atoms with Crippen LogP contribution in [0.5, 0.6) is 0 Å². The number of ether oxygens (including phenoxy) is 1. The highest BCUT2D eigenvalue weighted by molar-refractivity contribution is 5.81. The van der Waals surface area contributed by atoms with Gasteiger partial charge in [-0.05, 0) is 12.8 Å². The van der Waals surface area contributed by atoms with Gasteiger partial charge in [0.25, 0.3) is 0 Å². The first kappa shape index (κ1) is 15.2. The van der Waals surface area contributed by atoms with Crippen molar-refractivity contribution in [1.29, 1.82) is 0 Å². The predicted octanol–water partition coefficient (Wildman–Crippen LogP) is -0.123. The van der Waals surface area contributed by atoms with Gasteiger partial charge < -0.3 is 15.8 Å². The van der Waals surface area contributed by atoms with E-state index in [9.17, 15) is 14.4 Å². The van der Waals surface area contributed by atoms with E-state index in [1.54, 1.807) is 0 Å². The van der Waals surface area contributed by atoms with Crippen LogP contribution in [0.15, 0.2) is 12.7 Å². The molecule has 0 spiro atoms. The Kier molecular flexibility index (Phi) is 8.36. The topological polar surface area (TPSA) is 98.5 Å². The molecule has 0 atom stereocenters.